The fourth-order valence-electron chi connectivity index (χ4n) is 1.60. The number of carboxylic acids is 2. The van der Waals surface area contributed by atoms with E-state index in [9.17, 15) is 19.2 Å². The van der Waals surface area contributed by atoms with Crippen LogP contribution in [0.3, 0.4) is 0 Å². The molecule has 0 aromatic rings. The van der Waals surface area contributed by atoms with Crippen molar-refractivity contribution in [3.63, 3.8) is 0 Å². The summed E-state index contributed by atoms with van der Waals surface area (Å²) in [6, 6.07) is -3.17. The van der Waals surface area contributed by atoms with Crippen molar-refractivity contribution < 1.29 is 34.5 Å². The zero-order valence-corrected chi connectivity index (χ0v) is 11.7. The zero-order chi connectivity index (χ0) is 16.4. The normalized spacial score (nSPS) is 13.0. The van der Waals surface area contributed by atoms with Crippen LogP contribution in [0.2, 0.25) is 0 Å². The average Bonchev–Trinajstić information content (AvgIpc) is 2.41. The summed E-state index contributed by atoms with van der Waals surface area (Å²) in [7, 11) is 0. The topological polar surface area (TPSA) is 153 Å². The molecular formula is C12H20N2O7. The van der Waals surface area contributed by atoms with E-state index in [4.69, 9.17) is 15.3 Å². The van der Waals surface area contributed by atoms with Crippen LogP contribution < -0.4 is 10.6 Å². The number of aliphatic hydroxyl groups excluding tert-OH is 1. The summed E-state index contributed by atoms with van der Waals surface area (Å²) in [5.74, 6) is -3.13. The van der Waals surface area contributed by atoms with E-state index in [0.717, 1.165) is 0 Å². The van der Waals surface area contributed by atoms with E-state index in [1.807, 2.05) is 0 Å². The van der Waals surface area contributed by atoms with Crippen molar-refractivity contribution in [2.75, 3.05) is 6.61 Å². The Morgan fingerprint density at radius 2 is 1.57 bits per heavy atom. The Kier molecular flexibility index (Phi) is 8.70. The molecule has 0 heterocycles. The molecule has 0 saturated heterocycles. The van der Waals surface area contributed by atoms with Crippen molar-refractivity contribution in [3.05, 3.63) is 0 Å². The molecule has 5 N–H and O–H groups in total. The van der Waals surface area contributed by atoms with Gasteiger partial charge in [-0.2, -0.15) is 0 Å². The number of amides is 2. The maximum Gasteiger partial charge on any atom is 0.326 e. The van der Waals surface area contributed by atoms with Gasteiger partial charge in [-0.3, -0.25) is 9.59 Å². The Hall–Kier alpha value is -2.16. The molecule has 0 aliphatic rings. The summed E-state index contributed by atoms with van der Waals surface area (Å²) in [4.78, 5) is 44.3. The number of ketones is 1. The highest BCUT2D eigenvalue weighted by Gasteiger charge is 2.24. The monoisotopic (exact) mass is 304 g/mol. The lowest BCUT2D eigenvalue weighted by atomic mass is 10.1. The van der Waals surface area contributed by atoms with Gasteiger partial charge in [0.2, 0.25) is 0 Å². The molecule has 0 aromatic heterocycles. The van der Waals surface area contributed by atoms with Gasteiger partial charge in [0.1, 0.15) is 12.6 Å². The van der Waals surface area contributed by atoms with E-state index < -0.39 is 48.9 Å². The van der Waals surface area contributed by atoms with E-state index in [0.29, 0.717) is 12.8 Å². The van der Waals surface area contributed by atoms with Crippen LogP contribution in [0.1, 0.15) is 32.6 Å². The number of rotatable bonds is 10. The summed E-state index contributed by atoms with van der Waals surface area (Å²) in [5, 5.41) is 30.5. The summed E-state index contributed by atoms with van der Waals surface area (Å²) < 4.78 is 0. The largest absolute Gasteiger partial charge is 0.481 e. The molecule has 21 heavy (non-hydrogen) atoms. The average molecular weight is 304 g/mol. The minimum atomic E-state index is -1.37. The SMILES string of the molecule is CCCC(NC(=O)NC(CCC(=O)O)C(=O)O)C(=O)CO. The van der Waals surface area contributed by atoms with Gasteiger partial charge in [0.15, 0.2) is 5.78 Å². The van der Waals surface area contributed by atoms with Crippen LogP contribution in [0, 0.1) is 0 Å². The highest BCUT2D eigenvalue weighted by atomic mass is 16.4. The van der Waals surface area contributed by atoms with Gasteiger partial charge in [-0.15, -0.1) is 0 Å². The molecule has 0 rings (SSSR count). The second kappa shape index (κ2) is 9.70. The third kappa shape index (κ3) is 7.88. The van der Waals surface area contributed by atoms with Gasteiger partial charge >= 0.3 is 18.0 Å². The van der Waals surface area contributed by atoms with E-state index in [2.05, 4.69) is 10.6 Å². The molecule has 2 atom stereocenters. The molecule has 0 bridgehead atoms. The second-order valence-corrected chi connectivity index (χ2v) is 4.41. The van der Waals surface area contributed by atoms with Crippen molar-refractivity contribution in [3.8, 4) is 0 Å². The van der Waals surface area contributed by atoms with Crippen LogP contribution in [0.25, 0.3) is 0 Å². The summed E-state index contributed by atoms with van der Waals surface area (Å²) >= 11 is 0. The first-order valence-electron chi connectivity index (χ1n) is 6.47. The van der Waals surface area contributed by atoms with E-state index in [-0.39, 0.29) is 6.42 Å². The standard InChI is InChI=1S/C12H20N2O7/c1-2-3-7(9(16)6-15)13-12(21)14-8(11(19)20)4-5-10(17)18/h7-8,15H,2-6H2,1H3,(H,17,18)(H,19,20)(H2,13,14,21). The molecule has 120 valence electrons. The lowest BCUT2D eigenvalue weighted by Gasteiger charge is -2.19. The third-order valence-corrected chi connectivity index (χ3v) is 2.68. The maximum absolute atomic E-state index is 11.6. The summed E-state index contributed by atoms with van der Waals surface area (Å²) in [6.07, 6.45) is 0.202. The highest BCUT2D eigenvalue weighted by Crippen LogP contribution is 2.01. The number of urea groups is 1. The first-order valence-corrected chi connectivity index (χ1v) is 6.47. The zero-order valence-electron chi connectivity index (χ0n) is 11.7. The molecule has 0 radical (unpaired) electrons. The lowest BCUT2D eigenvalue weighted by molar-refractivity contribution is -0.140. The number of hydrogen-bond donors (Lipinski definition) is 5. The maximum atomic E-state index is 11.6. The van der Waals surface area contributed by atoms with Gasteiger partial charge in [-0.1, -0.05) is 13.3 Å². The van der Waals surface area contributed by atoms with Crippen molar-refractivity contribution in [1.82, 2.24) is 10.6 Å². The number of Topliss-reactive ketones (excluding diaryl/α,β-unsaturated/α-hetero) is 1. The van der Waals surface area contributed by atoms with Crippen LogP contribution in [-0.2, 0) is 14.4 Å². The Morgan fingerprint density at radius 1 is 1.00 bits per heavy atom. The lowest BCUT2D eigenvalue weighted by Crippen LogP contribution is -2.51. The van der Waals surface area contributed by atoms with Crippen molar-refractivity contribution in [2.45, 2.75) is 44.7 Å². The Morgan fingerprint density at radius 3 is 2.00 bits per heavy atom. The van der Waals surface area contributed by atoms with Crippen LogP contribution in [-0.4, -0.2) is 57.8 Å². The molecule has 2 unspecified atom stereocenters. The van der Waals surface area contributed by atoms with Gasteiger partial charge in [0, 0.05) is 6.42 Å². The molecule has 0 spiro atoms. The van der Waals surface area contributed by atoms with Crippen molar-refractivity contribution >= 4 is 23.8 Å². The van der Waals surface area contributed by atoms with Crippen molar-refractivity contribution in [1.29, 1.82) is 0 Å². The Bertz CT molecular complexity index is 397. The quantitative estimate of drug-likeness (QED) is 0.359. The molecule has 2 amide bonds. The van der Waals surface area contributed by atoms with Crippen molar-refractivity contribution in [2.24, 2.45) is 0 Å². The van der Waals surface area contributed by atoms with Gasteiger partial charge < -0.3 is 26.0 Å². The van der Waals surface area contributed by atoms with Gasteiger partial charge in [0.05, 0.1) is 6.04 Å². The fraction of sp³-hybridized carbons (Fsp3) is 0.667. The van der Waals surface area contributed by atoms with Gasteiger partial charge in [0.25, 0.3) is 0 Å². The van der Waals surface area contributed by atoms with Crippen LogP contribution >= 0.6 is 0 Å². The van der Waals surface area contributed by atoms with E-state index in [1.54, 1.807) is 6.92 Å². The molecule has 0 aliphatic heterocycles. The first kappa shape index (κ1) is 18.8. The smallest absolute Gasteiger partial charge is 0.326 e. The number of carbonyl (C=O) groups is 4. The molecule has 0 aromatic carbocycles. The Labute approximate surface area is 121 Å². The molecule has 9 heteroatoms. The number of aliphatic carboxylic acids is 2. The minimum Gasteiger partial charge on any atom is -0.481 e. The number of nitrogens with one attached hydrogen (secondary N) is 2. The van der Waals surface area contributed by atoms with E-state index >= 15 is 0 Å². The molecular weight excluding hydrogens is 284 g/mol. The fourth-order valence-corrected chi connectivity index (χ4v) is 1.60. The predicted molar refractivity (Wildman–Crippen MR) is 70.7 cm³/mol. The van der Waals surface area contributed by atoms with Crippen LogP contribution in [0.5, 0.6) is 0 Å². The highest BCUT2D eigenvalue weighted by molar-refractivity contribution is 5.90. The van der Waals surface area contributed by atoms with E-state index in [1.165, 1.54) is 0 Å². The predicted octanol–water partition coefficient (Wildman–Crippen LogP) is -0.666. The molecule has 0 aliphatic carbocycles. The molecule has 0 fully saturated rings. The summed E-state index contributed by atoms with van der Waals surface area (Å²) in [5.41, 5.74) is 0. The van der Waals surface area contributed by atoms with Gasteiger partial charge in [-0.25, -0.2) is 9.59 Å². The van der Waals surface area contributed by atoms with Crippen LogP contribution in [0.4, 0.5) is 4.79 Å². The van der Waals surface area contributed by atoms with Crippen LogP contribution in [0.15, 0.2) is 0 Å². The number of aliphatic hydroxyl groups is 1. The molecule has 9 nitrogen and oxygen atoms in total. The Balaban J connectivity index is 4.56. The van der Waals surface area contributed by atoms with Gasteiger partial charge in [-0.05, 0) is 12.8 Å². The molecule has 0 saturated carbocycles. The number of carbonyl (C=O) groups excluding carboxylic acids is 2. The number of hydrogen-bond acceptors (Lipinski definition) is 5. The number of carboxylic acid groups (broad SMARTS) is 2. The summed E-state index contributed by atoms with van der Waals surface area (Å²) in [6.45, 7) is 1.05. The second-order valence-electron chi connectivity index (χ2n) is 4.41. The first-order chi connectivity index (χ1) is 9.81. The minimum absolute atomic E-state index is 0.273. The third-order valence-electron chi connectivity index (χ3n) is 2.68.